The molecule has 15 heavy (non-hydrogen) atoms. The Kier molecular flexibility index (Phi) is 1.68. The van der Waals surface area contributed by atoms with Crippen LogP contribution in [-0.4, -0.2) is 21.4 Å². The first-order valence-corrected chi connectivity index (χ1v) is 5.20. The molecule has 1 fully saturated rings. The van der Waals surface area contributed by atoms with Gasteiger partial charge in [0.15, 0.2) is 5.82 Å². The minimum Gasteiger partial charge on any atom is -0.354 e. The molecule has 0 radical (unpaired) electrons. The molecule has 1 aromatic heterocycles. The highest BCUT2D eigenvalue weighted by molar-refractivity contribution is 6.28. The third-order valence-corrected chi connectivity index (χ3v) is 3.19. The molecule has 78 valence electrons. The molecule has 1 aliphatic heterocycles. The summed E-state index contributed by atoms with van der Waals surface area (Å²) < 4.78 is 0. The van der Waals surface area contributed by atoms with E-state index in [1.807, 2.05) is 0 Å². The van der Waals surface area contributed by atoms with Crippen LogP contribution >= 0.6 is 11.6 Å². The number of nitrogens with zero attached hydrogens (tertiary/aromatic N) is 2. The first-order valence-electron chi connectivity index (χ1n) is 4.82. The second-order valence-corrected chi connectivity index (χ2v) is 4.25. The average Bonchev–Trinajstić information content (AvgIpc) is 2.15. The standard InChI is InChI=1S/C9H9ClN4O/c10-8-11-4-5-6(13-8)14-9(2-1-3-9)7(15)12-5/h4H,1-3H2,(H,12,15)(H,11,13,14). The van der Waals surface area contributed by atoms with Gasteiger partial charge < -0.3 is 10.6 Å². The molecule has 6 heteroatoms. The minimum atomic E-state index is -0.454. The van der Waals surface area contributed by atoms with Crippen LogP contribution < -0.4 is 10.6 Å². The van der Waals surface area contributed by atoms with Crippen LogP contribution in [0.2, 0.25) is 5.28 Å². The van der Waals surface area contributed by atoms with Gasteiger partial charge in [0.2, 0.25) is 11.2 Å². The molecule has 0 aromatic carbocycles. The summed E-state index contributed by atoms with van der Waals surface area (Å²) in [5.74, 6) is 0.626. The summed E-state index contributed by atoms with van der Waals surface area (Å²) >= 11 is 5.69. The lowest BCUT2D eigenvalue weighted by molar-refractivity contribution is -0.123. The van der Waals surface area contributed by atoms with Crippen molar-refractivity contribution in [3.8, 4) is 0 Å². The molecule has 1 saturated carbocycles. The van der Waals surface area contributed by atoms with Crippen LogP contribution in [0.25, 0.3) is 0 Å². The van der Waals surface area contributed by atoms with Crippen LogP contribution in [0.1, 0.15) is 19.3 Å². The smallest absolute Gasteiger partial charge is 0.250 e. The Balaban J connectivity index is 2.03. The summed E-state index contributed by atoms with van der Waals surface area (Å²) in [6, 6.07) is 0. The number of carbonyl (C=O) groups excluding carboxylic acids is 1. The summed E-state index contributed by atoms with van der Waals surface area (Å²) in [4.78, 5) is 19.7. The van der Waals surface area contributed by atoms with E-state index >= 15 is 0 Å². The number of hydrogen-bond acceptors (Lipinski definition) is 4. The zero-order valence-corrected chi connectivity index (χ0v) is 8.64. The van der Waals surface area contributed by atoms with Crippen LogP contribution in [0.5, 0.6) is 0 Å². The topological polar surface area (TPSA) is 66.9 Å². The summed E-state index contributed by atoms with van der Waals surface area (Å²) in [6.45, 7) is 0. The molecule has 5 nitrogen and oxygen atoms in total. The Morgan fingerprint density at radius 3 is 2.93 bits per heavy atom. The predicted molar refractivity (Wildman–Crippen MR) is 55.9 cm³/mol. The van der Waals surface area contributed by atoms with Gasteiger partial charge in [0.25, 0.3) is 0 Å². The van der Waals surface area contributed by atoms with Crippen molar-refractivity contribution in [3.63, 3.8) is 0 Å². The molecule has 2 N–H and O–H groups in total. The maximum atomic E-state index is 11.8. The lowest BCUT2D eigenvalue weighted by Crippen LogP contribution is -2.57. The van der Waals surface area contributed by atoms with E-state index in [0.717, 1.165) is 19.3 Å². The van der Waals surface area contributed by atoms with Crippen LogP contribution in [0.3, 0.4) is 0 Å². The average molecular weight is 225 g/mol. The van der Waals surface area contributed by atoms with E-state index in [4.69, 9.17) is 11.6 Å². The van der Waals surface area contributed by atoms with Gasteiger partial charge >= 0.3 is 0 Å². The third-order valence-electron chi connectivity index (χ3n) is 3.01. The van der Waals surface area contributed by atoms with Crippen molar-refractivity contribution in [1.29, 1.82) is 0 Å². The third kappa shape index (κ3) is 1.19. The molecule has 1 spiro atoms. The number of carbonyl (C=O) groups is 1. The molecular weight excluding hydrogens is 216 g/mol. The summed E-state index contributed by atoms with van der Waals surface area (Å²) in [6.07, 6.45) is 4.27. The number of amides is 1. The Bertz CT molecular complexity index is 444. The molecule has 2 aliphatic rings. The number of halogens is 1. The van der Waals surface area contributed by atoms with Gasteiger partial charge in [-0.05, 0) is 30.9 Å². The van der Waals surface area contributed by atoms with Gasteiger partial charge in [-0.25, -0.2) is 4.98 Å². The summed E-state index contributed by atoms with van der Waals surface area (Å²) in [5.41, 5.74) is 0.145. The molecule has 0 unspecified atom stereocenters. The molecule has 1 aliphatic carbocycles. The highest BCUT2D eigenvalue weighted by Gasteiger charge is 2.47. The normalized spacial score (nSPS) is 21.3. The van der Waals surface area contributed by atoms with Gasteiger partial charge in [0, 0.05) is 0 Å². The van der Waals surface area contributed by atoms with E-state index in [-0.39, 0.29) is 11.2 Å². The summed E-state index contributed by atoms with van der Waals surface area (Å²) in [7, 11) is 0. The van der Waals surface area contributed by atoms with Gasteiger partial charge in [0.05, 0.1) is 6.20 Å². The Morgan fingerprint density at radius 1 is 1.47 bits per heavy atom. The van der Waals surface area contributed by atoms with Crippen LogP contribution in [0.15, 0.2) is 6.20 Å². The fraction of sp³-hybridized carbons (Fsp3) is 0.444. The van der Waals surface area contributed by atoms with Crippen molar-refractivity contribution in [1.82, 2.24) is 9.97 Å². The number of rotatable bonds is 0. The van der Waals surface area contributed by atoms with Gasteiger partial charge in [-0.15, -0.1) is 0 Å². The largest absolute Gasteiger partial charge is 0.354 e. The Hall–Kier alpha value is -1.36. The molecule has 0 atom stereocenters. The van der Waals surface area contributed by atoms with Crippen LogP contribution in [0, 0.1) is 0 Å². The van der Waals surface area contributed by atoms with Gasteiger partial charge in [-0.1, -0.05) is 0 Å². The number of aromatic nitrogens is 2. The number of fused-ring (bicyclic) bond motifs is 1. The number of anilines is 2. The first kappa shape index (κ1) is 8.91. The maximum Gasteiger partial charge on any atom is 0.250 e. The maximum absolute atomic E-state index is 11.8. The Labute approximate surface area is 91.2 Å². The number of hydrogen-bond donors (Lipinski definition) is 2. The molecule has 0 saturated heterocycles. The van der Waals surface area contributed by atoms with Crippen LogP contribution in [-0.2, 0) is 4.79 Å². The van der Waals surface area contributed by atoms with E-state index in [1.54, 1.807) is 0 Å². The van der Waals surface area contributed by atoms with E-state index < -0.39 is 5.54 Å². The van der Waals surface area contributed by atoms with E-state index in [9.17, 15) is 4.79 Å². The van der Waals surface area contributed by atoms with Gasteiger partial charge in [-0.2, -0.15) is 4.98 Å². The second-order valence-electron chi connectivity index (χ2n) is 3.92. The quantitative estimate of drug-likeness (QED) is 0.654. The molecule has 1 amide bonds. The van der Waals surface area contributed by atoms with Crippen molar-refractivity contribution in [2.24, 2.45) is 0 Å². The van der Waals surface area contributed by atoms with Crippen LogP contribution in [0.4, 0.5) is 11.5 Å². The van der Waals surface area contributed by atoms with E-state index in [1.165, 1.54) is 6.20 Å². The Morgan fingerprint density at radius 2 is 2.27 bits per heavy atom. The fourth-order valence-electron chi connectivity index (χ4n) is 1.95. The van der Waals surface area contributed by atoms with Gasteiger partial charge in [-0.3, -0.25) is 4.79 Å². The highest BCUT2D eigenvalue weighted by atomic mass is 35.5. The molecule has 0 bridgehead atoms. The molecular formula is C9H9ClN4O. The van der Waals surface area contributed by atoms with Crippen molar-refractivity contribution < 1.29 is 4.79 Å². The van der Waals surface area contributed by atoms with Crippen molar-refractivity contribution in [2.75, 3.05) is 10.6 Å². The van der Waals surface area contributed by atoms with Gasteiger partial charge in [0.1, 0.15) is 11.2 Å². The van der Waals surface area contributed by atoms with Crippen molar-refractivity contribution >= 4 is 29.0 Å². The molecule has 1 aromatic rings. The molecule has 2 heterocycles. The minimum absolute atomic E-state index is 0.00664. The van der Waals surface area contributed by atoms with Crippen molar-refractivity contribution in [2.45, 2.75) is 24.8 Å². The SMILES string of the molecule is O=C1Nc2cnc(Cl)nc2NC12CCC2. The number of nitrogens with one attached hydrogen (secondary N) is 2. The van der Waals surface area contributed by atoms with Crippen molar-refractivity contribution in [3.05, 3.63) is 11.5 Å². The zero-order chi connectivity index (χ0) is 10.5. The van der Waals surface area contributed by atoms with E-state index in [0.29, 0.717) is 11.5 Å². The second kappa shape index (κ2) is 2.82. The lowest BCUT2D eigenvalue weighted by atomic mass is 9.75. The highest BCUT2D eigenvalue weighted by Crippen LogP contribution is 2.40. The van der Waals surface area contributed by atoms with E-state index in [2.05, 4.69) is 20.6 Å². The molecule has 3 rings (SSSR count). The monoisotopic (exact) mass is 224 g/mol. The predicted octanol–water partition coefficient (Wildman–Crippen LogP) is 1.42. The zero-order valence-electron chi connectivity index (χ0n) is 7.88. The fourth-order valence-corrected chi connectivity index (χ4v) is 2.09. The summed E-state index contributed by atoms with van der Waals surface area (Å²) in [5, 5.41) is 6.13. The first-order chi connectivity index (χ1) is 7.20. The lowest BCUT2D eigenvalue weighted by Gasteiger charge is -2.44.